The van der Waals surface area contributed by atoms with Gasteiger partial charge in [0.1, 0.15) is 5.75 Å². The first-order valence-corrected chi connectivity index (χ1v) is 10.7. The summed E-state index contributed by atoms with van der Waals surface area (Å²) >= 11 is 13.3. The third kappa shape index (κ3) is 5.38. The van der Waals surface area contributed by atoms with Gasteiger partial charge in [-0.25, -0.2) is 4.98 Å². The molecule has 2 heterocycles. The van der Waals surface area contributed by atoms with Crippen molar-refractivity contribution in [1.82, 2.24) is 9.88 Å². The Bertz CT molecular complexity index is 1020. The van der Waals surface area contributed by atoms with Crippen molar-refractivity contribution in [3.63, 3.8) is 0 Å². The summed E-state index contributed by atoms with van der Waals surface area (Å²) in [5, 5.41) is 4.19. The summed E-state index contributed by atoms with van der Waals surface area (Å²) < 4.78 is 11.9. The Labute approximate surface area is 182 Å². The number of anilines is 1. The maximum absolute atomic E-state index is 12.2. The second-order valence-electron chi connectivity index (χ2n) is 6.62. The number of aromatic nitrogens is 1. The standard InChI is InChI=1S/C20H19Cl2N3O3S/c21-14-2-4-17(15(22)10-14)28-12-19(26)24-20-23-16-3-1-13(9-18(16)29-20)11-25-5-7-27-8-6-25/h1-4,9-10H,5-8,11-12H2,(H,23,24,26). The average Bonchev–Trinajstić information content (AvgIpc) is 3.09. The van der Waals surface area contributed by atoms with Gasteiger partial charge >= 0.3 is 0 Å². The summed E-state index contributed by atoms with van der Waals surface area (Å²) in [7, 11) is 0. The molecule has 0 radical (unpaired) electrons. The van der Waals surface area contributed by atoms with Gasteiger partial charge < -0.3 is 9.47 Å². The number of ether oxygens (including phenoxy) is 2. The number of morpholine rings is 1. The molecule has 0 aliphatic carbocycles. The molecule has 1 N–H and O–H groups in total. The van der Waals surface area contributed by atoms with Gasteiger partial charge in [-0.05, 0) is 35.9 Å². The number of nitrogens with one attached hydrogen (secondary N) is 1. The molecular formula is C20H19Cl2N3O3S. The van der Waals surface area contributed by atoms with Crippen LogP contribution in [-0.4, -0.2) is 48.7 Å². The molecule has 6 nitrogen and oxygen atoms in total. The van der Waals surface area contributed by atoms with Crippen LogP contribution in [0.3, 0.4) is 0 Å². The highest BCUT2D eigenvalue weighted by Crippen LogP contribution is 2.29. The molecule has 29 heavy (non-hydrogen) atoms. The molecule has 152 valence electrons. The molecule has 1 aliphatic rings. The smallest absolute Gasteiger partial charge is 0.264 e. The summed E-state index contributed by atoms with van der Waals surface area (Å²) in [6.07, 6.45) is 0. The maximum atomic E-state index is 12.2. The van der Waals surface area contributed by atoms with E-state index in [4.69, 9.17) is 32.7 Å². The highest BCUT2D eigenvalue weighted by Gasteiger charge is 2.13. The van der Waals surface area contributed by atoms with Gasteiger partial charge in [-0.2, -0.15) is 0 Å². The topological polar surface area (TPSA) is 63.7 Å². The lowest BCUT2D eigenvalue weighted by molar-refractivity contribution is -0.118. The Morgan fingerprint density at radius 3 is 2.83 bits per heavy atom. The zero-order valence-corrected chi connectivity index (χ0v) is 17.8. The fourth-order valence-corrected chi connectivity index (χ4v) is 4.44. The summed E-state index contributed by atoms with van der Waals surface area (Å²) in [5.74, 6) is 0.104. The van der Waals surface area contributed by atoms with E-state index in [1.807, 2.05) is 6.07 Å². The van der Waals surface area contributed by atoms with E-state index < -0.39 is 0 Å². The van der Waals surface area contributed by atoms with Gasteiger partial charge in [0.25, 0.3) is 5.91 Å². The molecular weight excluding hydrogens is 433 g/mol. The molecule has 0 bridgehead atoms. The minimum Gasteiger partial charge on any atom is -0.482 e. The molecule has 0 spiro atoms. The average molecular weight is 452 g/mol. The number of nitrogens with zero attached hydrogens (tertiary/aromatic N) is 2. The molecule has 3 aromatic rings. The quantitative estimate of drug-likeness (QED) is 0.599. The number of hydrogen-bond acceptors (Lipinski definition) is 6. The molecule has 2 aromatic carbocycles. The number of thiazole rings is 1. The molecule has 9 heteroatoms. The van der Waals surface area contributed by atoms with E-state index in [9.17, 15) is 4.79 Å². The van der Waals surface area contributed by atoms with E-state index in [-0.39, 0.29) is 12.5 Å². The van der Waals surface area contributed by atoms with Crippen molar-refractivity contribution in [2.24, 2.45) is 0 Å². The zero-order valence-electron chi connectivity index (χ0n) is 15.5. The van der Waals surface area contributed by atoms with Gasteiger partial charge in [-0.3, -0.25) is 15.0 Å². The van der Waals surface area contributed by atoms with Crippen molar-refractivity contribution in [1.29, 1.82) is 0 Å². The van der Waals surface area contributed by atoms with Crippen LogP contribution in [-0.2, 0) is 16.1 Å². The van der Waals surface area contributed by atoms with Crippen LogP contribution in [0.2, 0.25) is 10.0 Å². The van der Waals surface area contributed by atoms with Crippen molar-refractivity contribution < 1.29 is 14.3 Å². The number of rotatable bonds is 6. The molecule has 1 fully saturated rings. The van der Waals surface area contributed by atoms with E-state index in [0.29, 0.717) is 20.9 Å². The Balaban J connectivity index is 1.36. The molecule has 1 saturated heterocycles. The minimum atomic E-state index is -0.302. The van der Waals surface area contributed by atoms with Crippen LogP contribution in [0.15, 0.2) is 36.4 Å². The Morgan fingerprint density at radius 1 is 1.21 bits per heavy atom. The van der Waals surface area contributed by atoms with Gasteiger partial charge in [0.05, 0.1) is 28.5 Å². The predicted octanol–water partition coefficient (Wildman–Crippen LogP) is 4.45. The number of amides is 1. The number of halogens is 2. The Hall–Kier alpha value is -1.90. The number of hydrogen-bond donors (Lipinski definition) is 1. The van der Waals surface area contributed by atoms with Crippen LogP contribution in [0.1, 0.15) is 5.56 Å². The summed E-state index contributed by atoms with van der Waals surface area (Å²) in [6, 6.07) is 11.0. The highest BCUT2D eigenvalue weighted by atomic mass is 35.5. The normalized spacial score (nSPS) is 14.8. The molecule has 0 unspecified atom stereocenters. The third-order valence-electron chi connectivity index (χ3n) is 4.46. The monoisotopic (exact) mass is 451 g/mol. The number of carbonyl (C=O) groups is 1. The first-order chi connectivity index (χ1) is 14.1. The lowest BCUT2D eigenvalue weighted by atomic mass is 10.2. The van der Waals surface area contributed by atoms with Crippen LogP contribution < -0.4 is 10.1 Å². The molecule has 0 atom stereocenters. The summed E-state index contributed by atoms with van der Waals surface area (Å²) in [5.41, 5.74) is 2.08. The van der Waals surface area contributed by atoms with Crippen LogP contribution in [0.4, 0.5) is 5.13 Å². The van der Waals surface area contributed by atoms with Crippen molar-refractivity contribution >= 4 is 55.8 Å². The number of fused-ring (bicyclic) bond motifs is 1. The van der Waals surface area contributed by atoms with E-state index in [1.165, 1.54) is 16.9 Å². The highest BCUT2D eigenvalue weighted by molar-refractivity contribution is 7.22. The second-order valence-corrected chi connectivity index (χ2v) is 8.50. The van der Waals surface area contributed by atoms with E-state index in [1.54, 1.807) is 18.2 Å². The Morgan fingerprint density at radius 2 is 2.03 bits per heavy atom. The van der Waals surface area contributed by atoms with Crippen LogP contribution in [0.5, 0.6) is 5.75 Å². The van der Waals surface area contributed by atoms with E-state index in [2.05, 4.69) is 27.3 Å². The lowest BCUT2D eigenvalue weighted by Gasteiger charge is -2.26. The summed E-state index contributed by atoms with van der Waals surface area (Å²) in [4.78, 5) is 19.1. The van der Waals surface area contributed by atoms with E-state index in [0.717, 1.165) is 43.1 Å². The van der Waals surface area contributed by atoms with Crippen molar-refractivity contribution in [3.05, 3.63) is 52.0 Å². The molecule has 1 aromatic heterocycles. The third-order valence-corrected chi connectivity index (χ3v) is 5.93. The molecule has 4 rings (SSSR count). The van der Waals surface area contributed by atoms with Crippen LogP contribution >= 0.6 is 34.5 Å². The Kier molecular flexibility index (Phi) is 6.52. The van der Waals surface area contributed by atoms with Gasteiger partial charge in [0, 0.05) is 24.7 Å². The van der Waals surface area contributed by atoms with Crippen LogP contribution in [0.25, 0.3) is 10.2 Å². The predicted molar refractivity (Wildman–Crippen MR) is 116 cm³/mol. The first kappa shape index (κ1) is 20.4. The number of carbonyl (C=O) groups excluding carboxylic acids is 1. The second kappa shape index (κ2) is 9.28. The van der Waals surface area contributed by atoms with Crippen molar-refractivity contribution in [3.8, 4) is 5.75 Å². The minimum absolute atomic E-state index is 0.167. The zero-order chi connectivity index (χ0) is 20.2. The SMILES string of the molecule is O=C(COc1ccc(Cl)cc1Cl)Nc1nc2ccc(CN3CCOCC3)cc2s1. The molecule has 1 aliphatic heterocycles. The molecule has 0 saturated carbocycles. The van der Waals surface area contributed by atoms with Gasteiger partial charge in [-0.1, -0.05) is 40.6 Å². The van der Waals surface area contributed by atoms with Gasteiger partial charge in [0.2, 0.25) is 0 Å². The fraction of sp³-hybridized carbons (Fsp3) is 0.300. The van der Waals surface area contributed by atoms with Crippen LogP contribution in [0, 0.1) is 0 Å². The van der Waals surface area contributed by atoms with Gasteiger partial charge in [0.15, 0.2) is 11.7 Å². The lowest BCUT2D eigenvalue weighted by Crippen LogP contribution is -2.35. The summed E-state index contributed by atoms with van der Waals surface area (Å²) in [6.45, 7) is 4.16. The fourth-order valence-electron chi connectivity index (χ4n) is 3.03. The maximum Gasteiger partial charge on any atom is 0.264 e. The largest absolute Gasteiger partial charge is 0.482 e. The molecule has 1 amide bonds. The van der Waals surface area contributed by atoms with Crippen molar-refractivity contribution in [2.45, 2.75) is 6.54 Å². The van der Waals surface area contributed by atoms with Gasteiger partial charge in [-0.15, -0.1) is 0 Å². The first-order valence-electron chi connectivity index (χ1n) is 9.14. The van der Waals surface area contributed by atoms with E-state index >= 15 is 0 Å². The number of benzene rings is 2. The van der Waals surface area contributed by atoms with Crippen molar-refractivity contribution in [2.75, 3.05) is 38.2 Å².